The van der Waals surface area contributed by atoms with Gasteiger partial charge in [-0.15, -0.1) is 16.9 Å². The van der Waals surface area contributed by atoms with Crippen molar-refractivity contribution in [1.29, 1.82) is 0 Å². The molecule has 0 aliphatic carbocycles. The number of hydrogen-bond donors (Lipinski definition) is 2. The molecule has 0 fully saturated rings. The number of thioether (sulfide) groups is 1. The third kappa shape index (κ3) is 5.56. The summed E-state index contributed by atoms with van der Waals surface area (Å²) in [5.41, 5.74) is 12.0. The summed E-state index contributed by atoms with van der Waals surface area (Å²) in [6.07, 6.45) is 3.52. The normalized spacial score (nSPS) is 11.8. The van der Waals surface area contributed by atoms with E-state index < -0.39 is 5.91 Å². The van der Waals surface area contributed by atoms with Gasteiger partial charge < -0.3 is 5.73 Å². The van der Waals surface area contributed by atoms with E-state index in [4.69, 9.17) is 5.73 Å². The largest absolute Gasteiger partial charge is 0.378 e. The molecular formula is C23H22N8O2S. The molecule has 0 bridgehead atoms. The average molecular weight is 475 g/mol. The first-order chi connectivity index (χ1) is 16.5. The Morgan fingerprint density at radius 2 is 1.94 bits per heavy atom. The van der Waals surface area contributed by atoms with Gasteiger partial charge in [0.05, 0.1) is 11.9 Å². The summed E-state index contributed by atoms with van der Waals surface area (Å²) >= 11 is 1.52. The fourth-order valence-corrected chi connectivity index (χ4v) is 3.89. The number of benzene rings is 2. The molecule has 2 aromatic carbocycles. The minimum absolute atomic E-state index is 0.0399. The monoisotopic (exact) mass is 474 g/mol. The molecule has 4 aromatic rings. The van der Waals surface area contributed by atoms with E-state index in [1.54, 1.807) is 6.21 Å². The lowest BCUT2D eigenvalue weighted by Gasteiger charge is -2.06. The lowest BCUT2D eigenvalue weighted by molar-refractivity contribution is 0.0949. The van der Waals surface area contributed by atoms with Crippen molar-refractivity contribution < 1.29 is 9.42 Å². The molecule has 0 aliphatic rings. The highest BCUT2D eigenvalue weighted by atomic mass is 32.2. The van der Waals surface area contributed by atoms with Crippen LogP contribution in [0.5, 0.6) is 0 Å². The number of nitrogens with two attached hydrogens (primary N) is 1. The SMILES string of the molecule is CC(C=NNC(=O)c1nnn(-c2nonc2N)c1CSc1ccc(C)cc1)=Cc1ccccc1. The number of rotatable bonds is 8. The summed E-state index contributed by atoms with van der Waals surface area (Å²) in [6.45, 7) is 3.91. The van der Waals surface area contributed by atoms with Crippen molar-refractivity contribution in [1.82, 2.24) is 30.7 Å². The molecule has 0 aliphatic heterocycles. The van der Waals surface area contributed by atoms with Gasteiger partial charge in [-0.1, -0.05) is 59.3 Å². The Kier molecular flexibility index (Phi) is 7.13. The predicted octanol–water partition coefficient (Wildman–Crippen LogP) is 3.65. The quantitative estimate of drug-likeness (QED) is 0.224. The Morgan fingerprint density at radius 3 is 2.65 bits per heavy atom. The molecule has 0 spiro atoms. The molecule has 2 aromatic heterocycles. The van der Waals surface area contributed by atoms with Crippen LogP contribution < -0.4 is 11.2 Å². The molecule has 11 heteroatoms. The van der Waals surface area contributed by atoms with Gasteiger partial charge in [0, 0.05) is 10.6 Å². The van der Waals surface area contributed by atoms with E-state index in [0.717, 1.165) is 21.6 Å². The average Bonchev–Trinajstić information content (AvgIpc) is 3.45. The lowest BCUT2D eigenvalue weighted by atomic mass is 10.1. The molecule has 0 saturated carbocycles. The third-order valence-electron chi connectivity index (χ3n) is 4.70. The number of hydrogen-bond acceptors (Lipinski definition) is 9. The van der Waals surface area contributed by atoms with Crippen molar-refractivity contribution in [3.8, 4) is 5.82 Å². The van der Waals surface area contributed by atoms with Crippen molar-refractivity contribution in [3.63, 3.8) is 0 Å². The van der Waals surface area contributed by atoms with Crippen LogP contribution in [0.15, 0.2) is 74.8 Å². The first-order valence-electron chi connectivity index (χ1n) is 10.3. The summed E-state index contributed by atoms with van der Waals surface area (Å²) in [7, 11) is 0. The van der Waals surface area contributed by atoms with E-state index in [1.807, 2.05) is 74.5 Å². The van der Waals surface area contributed by atoms with Crippen LogP contribution in [-0.2, 0) is 5.75 Å². The number of nitrogens with one attached hydrogen (secondary N) is 1. The van der Waals surface area contributed by atoms with E-state index in [1.165, 1.54) is 16.4 Å². The Morgan fingerprint density at radius 1 is 1.18 bits per heavy atom. The van der Waals surface area contributed by atoms with Gasteiger partial charge >= 0.3 is 0 Å². The standard InChI is InChI=1S/C23H22N8O2S/c1-15-8-10-18(11-9-15)34-14-19-20(26-30-31(19)22-21(24)28-33-29-22)23(32)27-25-13-16(2)12-17-6-4-3-5-7-17/h3-13H,14H2,1-2H3,(H2,24,28)(H,27,32). The van der Waals surface area contributed by atoms with Gasteiger partial charge in [0.1, 0.15) is 0 Å². The highest BCUT2D eigenvalue weighted by Gasteiger charge is 2.24. The zero-order valence-corrected chi connectivity index (χ0v) is 19.4. The minimum atomic E-state index is -0.510. The molecule has 2 heterocycles. The molecule has 0 unspecified atom stereocenters. The zero-order chi connectivity index (χ0) is 23.9. The van der Waals surface area contributed by atoms with Crippen molar-refractivity contribution in [2.24, 2.45) is 5.10 Å². The summed E-state index contributed by atoms with van der Waals surface area (Å²) in [5.74, 6) is 0.0702. The van der Waals surface area contributed by atoms with E-state index in [-0.39, 0.29) is 17.3 Å². The van der Waals surface area contributed by atoms with Gasteiger partial charge in [-0.05, 0) is 47.4 Å². The Balaban J connectivity index is 1.53. The number of anilines is 1. The number of allylic oxidation sites excluding steroid dienone is 1. The maximum absolute atomic E-state index is 12.9. The maximum Gasteiger partial charge on any atom is 0.293 e. The van der Waals surface area contributed by atoms with Gasteiger partial charge in [-0.25, -0.2) is 10.1 Å². The van der Waals surface area contributed by atoms with Crippen molar-refractivity contribution in [2.45, 2.75) is 24.5 Å². The van der Waals surface area contributed by atoms with Gasteiger partial charge in [0.25, 0.3) is 5.91 Å². The van der Waals surface area contributed by atoms with Gasteiger partial charge in [0.15, 0.2) is 5.69 Å². The van der Waals surface area contributed by atoms with Crippen molar-refractivity contribution in [2.75, 3.05) is 5.73 Å². The summed E-state index contributed by atoms with van der Waals surface area (Å²) < 4.78 is 6.04. The molecule has 4 rings (SSSR count). The summed E-state index contributed by atoms with van der Waals surface area (Å²) in [6, 6.07) is 17.9. The van der Waals surface area contributed by atoms with Crippen LogP contribution in [0.25, 0.3) is 11.9 Å². The van der Waals surface area contributed by atoms with Crippen LogP contribution in [0.4, 0.5) is 5.82 Å². The van der Waals surface area contributed by atoms with E-state index in [0.29, 0.717) is 11.4 Å². The summed E-state index contributed by atoms with van der Waals surface area (Å²) in [5, 5.41) is 19.5. The number of hydrazone groups is 1. The number of aromatic nitrogens is 5. The predicted molar refractivity (Wildman–Crippen MR) is 130 cm³/mol. The highest BCUT2D eigenvalue weighted by Crippen LogP contribution is 2.26. The molecule has 34 heavy (non-hydrogen) atoms. The summed E-state index contributed by atoms with van der Waals surface area (Å²) in [4.78, 5) is 13.9. The molecule has 0 radical (unpaired) electrons. The lowest BCUT2D eigenvalue weighted by Crippen LogP contribution is -2.20. The van der Waals surface area contributed by atoms with E-state index in [2.05, 4.69) is 35.8 Å². The van der Waals surface area contributed by atoms with Crippen LogP contribution in [-0.4, -0.2) is 37.4 Å². The van der Waals surface area contributed by atoms with Crippen LogP contribution >= 0.6 is 11.8 Å². The molecule has 0 atom stereocenters. The first-order valence-corrected chi connectivity index (χ1v) is 11.3. The highest BCUT2D eigenvalue weighted by molar-refractivity contribution is 7.98. The fraction of sp³-hybridized carbons (Fsp3) is 0.130. The van der Waals surface area contributed by atoms with E-state index in [9.17, 15) is 4.79 Å². The maximum atomic E-state index is 12.9. The van der Waals surface area contributed by atoms with Crippen LogP contribution in [0.3, 0.4) is 0 Å². The topological polar surface area (TPSA) is 137 Å². The second kappa shape index (κ2) is 10.6. The molecule has 172 valence electrons. The number of carbonyl (C=O) groups excluding carboxylic acids is 1. The Hall–Kier alpha value is -4.25. The molecule has 1 amide bonds. The number of aryl methyl sites for hydroxylation is 1. The van der Waals surface area contributed by atoms with Gasteiger partial charge in [-0.3, -0.25) is 4.79 Å². The second-order valence-electron chi connectivity index (χ2n) is 7.37. The second-order valence-corrected chi connectivity index (χ2v) is 8.42. The number of nitrogen functional groups attached to an aromatic ring is 1. The van der Waals surface area contributed by atoms with Crippen LogP contribution in [0.1, 0.15) is 34.2 Å². The molecule has 3 N–H and O–H groups in total. The number of carbonyl (C=O) groups is 1. The fourth-order valence-electron chi connectivity index (χ4n) is 3.00. The molecule has 0 saturated heterocycles. The first kappa shape index (κ1) is 22.9. The number of amides is 1. The van der Waals surface area contributed by atoms with Gasteiger partial charge in [-0.2, -0.15) is 9.78 Å². The number of nitrogens with zero attached hydrogens (tertiary/aromatic N) is 6. The third-order valence-corrected chi connectivity index (χ3v) is 5.72. The van der Waals surface area contributed by atoms with Gasteiger partial charge in [0.2, 0.25) is 11.6 Å². The molecule has 10 nitrogen and oxygen atoms in total. The van der Waals surface area contributed by atoms with E-state index >= 15 is 0 Å². The molecular weight excluding hydrogens is 452 g/mol. The van der Waals surface area contributed by atoms with Crippen molar-refractivity contribution >= 4 is 35.8 Å². The van der Waals surface area contributed by atoms with Crippen LogP contribution in [0, 0.1) is 6.92 Å². The smallest absolute Gasteiger partial charge is 0.293 e. The Bertz CT molecular complexity index is 1330. The van der Waals surface area contributed by atoms with Crippen LogP contribution in [0.2, 0.25) is 0 Å². The van der Waals surface area contributed by atoms with Crippen molar-refractivity contribution in [3.05, 3.63) is 82.7 Å². The minimum Gasteiger partial charge on any atom is -0.378 e. The zero-order valence-electron chi connectivity index (χ0n) is 18.5. The Labute approximate surface area is 199 Å².